The molecule has 0 fully saturated rings. The van der Waals surface area contributed by atoms with Crippen LogP contribution in [0.1, 0.15) is 15.9 Å². The monoisotopic (exact) mass is 222 g/mol. The van der Waals surface area contributed by atoms with Crippen LogP contribution in [0, 0.1) is 12.7 Å². The molecule has 0 heterocycles. The minimum atomic E-state index is -0.372. The molecule has 0 aliphatic carbocycles. The van der Waals surface area contributed by atoms with E-state index in [4.69, 9.17) is 5.53 Å². The van der Waals surface area contributed by atoms with Gasteiger partial charge in [-0.3, -0.25) is 4.79 Å². The number of hydrogen-bond donors (Lipinski definition) is 1. The molecule has 0 saturated carbocycles. The number of nitrogens with one attached hydrogen (secondary N) is 1. The van der Waals surface area contributed by atoms with Crippen LogP contribution >= 0.6 is 0 Å². The first-order valence-electron chi connectivity index (χ1n) is 4.70. The fourth-order valence-electron chi connectivity index (χ4n) is 1.24. The molecule has 0 atom stereocenters. The second kappa shape index (κ2) is 5.72. The highest BCUT2D eigenvalue weighted by atomic mass is 19.1. The zero-order valence-electron chi connectivity index (χ0n) is 8.77. The lowest BCUT2D eigenvalue weighted by atomic mass is 10.1. The van der Waals surface area contributed by atoms with E-state index < -0.39 is 0 Å². The molecule has 6 heteroatoms. The first-order valence-corrected chi connectivity index (χ1v) is 4.70. The lowest BCUT2D eigenvalue weighted by molar-refractivity contribution is 0.0954. The van der Waals surface area contributed by atoms with Crippen molar-refractivity contribution in [1.29, 1.82) is 0 Å². The lowest BCUT2D eigenvalue weighted by Gasteiger charge is -2.06. The molecule has 0 aliphatic heterocycles. The molecular formula is C10H11FN4O. The van der Waals surface area contributed by atoms with E-state index in [0.717, 1.165) is 0 Å². The van der Waals surface area contributed by atoms with Gasteiger partial charge in [-0.2, -0.15) is 0 Å². The highest BCUT2D eigenvalue weighted by Gasteiger charge is 2.08. The van der Waals surface area contributed by atoms with Gasteiger partial charge in [-0.15, -0.1) is 0 Å². The Labute approximate surface area is 91.9 Å². The maximum absolute atomic E-state index is 12.8. The van der Waals surface area contributed by atoms with E-state index in [9.17, 15) is 9.18 Å². The van der Waals surface area contributed by atoms with Crippen molar-refractivity contribution in [2.24, 2.45) is 5.11 Å². The van der Waals surface area contributed by atoms with Crippen LogP contribution in [0.25, 0.3) is 10.4 Å². The Morgan fingerprint density at radius 2 is 2.38 bits per heavy atom. The Kier molecular flexibility index (Phi) is 4.29. The second-order valence-electron chi connectivity index (χ2n) is 3.17. The molecule has 1 aromatic carbocycles. The maximum Gasteiger partial charge on any atom is 0.251 e. The third-order valence-corrected chi connectivity index (χ3v) is 1.99. The lowest BCUT2D eigenvalue weighted by Crippen LogP contribution is -2.26. The molecule has 0 unspecified atom stereocenters. The predicted molar refractivity (Wildman–Crippen MR) is 57.5 cm³/mol. The van der Waals surface area contributed by atoms with Crippen LogP contribution in [0.5, 0.6) is 0 Å². The number of amides is 1. The van der Waals surface area contributed by atoms with Gasteiger partial charge in [-0.25, -0.2) is 4.39 Å². The van der Waals surface area contributed by atoms with Crippen LogP contribution in [0.4, 0.5) is 4.39 Å². The minimum absolute atomic E-state index is 0.197. The quantitative estimate of drug-likeness (QED) is 0.360. The molecule has 1 amide bonds. The smallest absolute Gasteiger partial charge is 0.251 e. The topological polar surface area (TPSA) is 77.9 Å². The third kappa shape index (κ3) is 3.25. The summed E-state index contributed by atoms with van der Waals surface area (Å²) in [5.74, 6) is -0.672. The molecule has 0 bridgehead atoms. The summed E-state index contributed by atoms with van der Waals surface area (Å²) in [7, 11) is 0. The Hall–Kier alpha value is -2.07. The molecule has 1 aromatic rings. The van der Waals surface area contributed by atoms with Crippen molar-refractivity contribution in [2.45, 2.75) is 6.92 Å². The zero-order chi connectivity index (χ0) is 12.0. The molecular weight excluding hydrogens is 211 g/mol. The third-order valence-electron chi connectivity index (χ3n) is 1.99. The van der Waals surface area contributed by atoms with Crippen molar-refractivity contribution >= 4 is 5.91 Å². The van der Waals surface area contributed by atoms with E-state index in [2.05, 4.69) is 15.3 Å². The van der Waals surface area contributed by atoms with Gasteiger partial charge < -0.3 is 5.32 Å². The van der Waals surface area contributed by atoms with Crippen molar-refractivity contribution in [3.8, 4) is 0 Å². The molecule has 0 radical (unpaired) electrons. The molecule has 1 rings (SSSR count). The number of carbonyl (C=O) groups excluding carboxylic acids is 1. The second-order valence-corrected chi connectivity index (χ2v) is 3.17. The van der Waals surface area contributed by atoms with Crippen LogP contribution in [-0.2, 0) is 0 Å². The number of nitrogens with zero attached hydrogens (tertiary/aromatic N) is 3. The maximum atomic E-state index is 12.8. The van der Waals surface area contributed by atoms with Crippen LogP contribution in [0.2, 0.25) is 0 Å². The summed E-state index contributed by atoms with van der Waals surface area (Å²) < 4.78 is 12.8. The van der Waals surface area contributed by atoms with Crippen molar-refractivity contribution in [3.63, 3.8) is 0 Å². The van der Waals surface area contributed by atoms with Gasteiger partial charge in [0, 0.05) is 23.6 Å². The molecule has 0 aromatic heterocycles. The van der Waals surface area contributed by atoms with Crippen LogP contribution in [0.15, 0.2) is 23.3 Å². The van der Waals surface area contributed by atoms with Gasteiger partial charge in [0.1, 0.15) is 5.82 Å². The van der Waals surface area contributed by atoms with Crippen molar-refractivity contribution < 1.29 is 9.18 Å². The van der Waals surface area contributed by atoms with Gasteiger partial charge in [0.05, 0.1) is 0 Å². The van der Waals surface area contributed by atoms with Crippen molar-refractivity contribution in [2.75, 3.05) is 13.1 Å². The number of benzene rings is 1. The minimum Gasteiger partial charge on any atom is -0.352 e. The summed E-state index contributed by atoms with van der Waals surface area (Å²) in [6.45, 7) is 2.12. The predicted octanol–water partition coefficient (Wildman–Crippen LogP) is 2.17. The van der Waals surface area contributed by atoms with Gasteiger partial charge in [0.2, 0.25) is 0 Å². The summed E-state index contributed by atoms with van der Waals surface area (Å²) >= 11 is 0. The van der Waals surface area contributed by atoms with E-state index in [1.54, 1.807) is 6.92 Å². The molecule has 16 heavy (non-hydrogen) atoms. The number of carbonyl (C=O) groups is 1. The van der Waals surface area contributed by atoms with E-state index in [1.807, 2.05) is 0 Å². The number of aryl methyl sites for hydroxylation is 1. The fraction of sp³-hybridized carbons (Fsp3) is 0.300. The Bertz CT molecular complexity index is 440. The molecule has 0 aliphatic rings. The van der Waals surface area contributed by atoms with Gasteiger partial charge in [-0.05, 0) is 36.2 Å². The van der Waals surface area contributed by atoms with E-state index in [1.165, 1.54) is 18.2 Å². The van der Waals surface area contributed by atoms with Crippen LogP contribution < -0.4 is 5.32 Å². The molecule has 0 spiro atoms. The first kappa shape index (κ1) is 12.0. The summed E-state index contributed by atoms with van der Waals surface area (Å²) in [6, 6.07) is 3.95. The fourth-order valence-corrected chi connectivity index (χ4v) is 1.24. The highest BCUT2D eigenvalue weighted by molar-refractivity contribution is 5.95. The largest absolute Gasteiger partial charge is 0.352 e. The molecule has 5 nitrogen and oxygen atoms in total. The van der Waals surface area contributed by atoms with Crippen molar-refractivity contribution in [1.82, 2.24) is 5.32 Å². The average molecular weight is 222 g/mol. The molecule has 1 N–H and O–H groups in total. The summed E-state index contributed by atoms with van der Waals surface area (Å²) in [5.41, 5.74) is 9.02. The zero-order valence-corrected chi connectivity index (χ0v) is 8.77. The highest BCUT2D eigenvalue weighted by Crippen LogP contribution is 2.09. The number of rotatable bonds is 4. The Morgan fingerprint density at radius 1 is 1.62 bits per heavy atom. The SMILES string of the molecule is Cc1cc(F)ccc1C(=O)NCCN=[N+]=[N-]. The van der Waals surface area contributed by atoms with Crippen LogP contribution in [-0.4, -0.2) is 19.0 Å². The van der Waals surface area contributed by atoms with Crippen LogP contribution in [0.3, 0.4) is 0 Å². The molecule has 0 saturated heterocycles. The Morgan fingerprint density at radius 3 is 3.00 bits per heavy atom. The summed E-state index contributed by atoms with van der Waals surface area (Å²) in [5, 5.41) is 5.85. The number of azide groups is 1. The van der Waals surface area contributed by atoms with Gasteiger partial charge in [-0.1, -0.05) is 5.11 Å². The van der Waals surface area contributed by atoms with Gasteiger partial charge in [0.25, 0.3) is 5.91 Å². The number of halogens is 1. The summed E-state index contributed by atoms with van der Waals surface area (Å²) in [4.78, 5) is 14.1. The normalized spacial score (nSPS) is 9.38. The number of hydrogen-bond acceptors (Lipinski definition) is 2. The van der Waals surface area contributed by atoms with E-state index in [0.29, 0.717) is 11.1 Å². The summed E-state index contributed by atoms with van der Waals surface area (Å²) in [6.07, 6.45) is 0. The Balaban J connectivity index is 2.62. The van der Waals surface area contributed by atoms with E-state index in [-0.39, 0.29) is 24.8 Å². The average Bonchev–Trinajstić information content (AvgIpc) is 2.24. The first-order chi connectivity index (χ1) is 7.65. The van der Waals surface area contributed by atoms with E-state index >= 15 is 0 Å². The standard InChI is InChI=1S/C10H11FN4O/c1-7-6-8(11)2-3-9(7)10(16)13-4-5-14-15-12/h2-3,6H,4-5H2,1H3,(H,13,16). The van der Waals surface area contributed by atoms with Gasteiger partial charge >= 0.3 is 0 Å². The van der Waals surface area contributed by atoms with Crippen molar-refractivity contribution in [3.05, 3.63) is 45.6 Å². The molecule has 84 valence electrons. The van der Waals surface area contributed by atoms with Gasteiger partial charge in [0.15, 0.2) is 0 Å².